The van der Waals surface area contributed by atoms with Gasteiger partial charge in [-0.2, -0.15) is 18.4 Å². The maximum absolute atomic E-state index is 12.6. The summed E-state index contributed by atoms with van der Waals surface area (Å²) in [5.41, 5.74) is 1.89. The van der Waals surface area contributed by atoms with Crippen molar-refractivity contribution in [3.05, 3.63) is 54.2 Å². The number of aromatic nitrogens is 1. The first kappa shape index (κ1) is 18.8. The van der Waals surface area contributed by atoms with Crippen LogP contribution < -0.4 is 14.3 Å². The molecule has 0 aliphatic rings. The Morgan fingerprint density at radius 3 is 2.63 bits per heavy atom. The minimum atomic E-state index is -3.92. The summed E-state index contributed by atoms with van der Waals surface area (Å²) < 4.78 is 37.6. The number of aryl methyl sites for hydroxylation is 1. The van der Waals surface area contributed by atoms with Gasteiger partial charge in [0.15, 0.2) is 0 Å². The van der Waals surface area contributed by atoms with E-state index in [0.29, 0.717) is 5.75 Å². The standard InChI is InChI=1S/C19H21N3O4S/c1-4-22-13-14(16-7-5-6-8-17(16)22)12-20-21-27(23,24)19-11-15(25-2)9-10-18(19)26-3/h5-13,21H,4H2,1-3H3/b20-12+. The number of hydrogen-bond donors (Lipinski definition) is 1. The number of hydrogen-bond acceptors (Lipinski definition) is 5. The Hall–Kier alpha value is -3.00. The molecule has 0 amide bonds. The number of hydrazone groups is 1. The van der Waals surface area contributed by atoms with Crippen molar-refractivity contribution < 1.29 is 17.9 Å². The number of para-hydroxylation sites is 1. The van der Waals surface area contributed by atoms with Gasteiger partial charge in [0.25, 0.3) is 10.0 Å². The summed E-state index contributed by atoms with van der Waals surface area (Å²) in [6, 6.07) is 12.4. The van der Waals surface area contributed by atoms with E-state index in [1.165, 1.54) is 32.6 Å². The summed E-state index contributed by atoms with van der Waals surface area (Å²) in [5.74, 6) is 0.618. The van der Waals surface area contributed by atoms with Crippen molar-refractivity contribution in [1.29, 1.82) is 0 Å². The van der Waals surface area contributed by atoms with E-state index in [-0.39, 0.29) is 10.6 Å². The van der Waals surface area contributed by atoms with Crippen molar-refractivity contribution in [2.45, 2.75) is 18.4 Å². The Labute approximate surface area is 158 Å². The van der Waals surface area contributed by atoms with Gasteiger partial charge in [0, 0.05) is 35.3 Å². The number of benzene rings is 2. The highest BCUT2D eigenvalue weighted by Gasteiger charge is 2.20. The molecule has 0 aliphatic carbocycles. The van der Waals surface area contributed by atoms with Gasteiger partial charge < -0.3 is 14.0 Å². The van der Waals surface area contributed by atoms with Crippen LogP contribution in [0.25, 0.3) is 10.9 Å². The maximum Gasteiger partial charge on any atom is 0.280 e. The van der Waals surface area contributed by atoms with E-state index in [0.717, 1.165) is 23.0 Å². The van der Waals surface area contributed by atoms with Crippen LogP contribution in [0.1, 0.15) is 12.5 Å². The summed E-state index contributed by atoms with van der Waals surface area (Å²) in [5, 5.41) is 4.95. The molecule has 0 bridgehead atoms. The molecular weight excluding hydrogens is 366 g/mol. The fourth-order valence-corrected chi connectivity index (χ4v) is 3.83. The Balaban J connectivity index is 1.90. The van der Waals surface area contributed by atoms with Gasteiger partial charge >= 0.3 is 0 Å². The number of nitrogens with zero attached hydrogens (tertiary/aromatic N) is 2. The van der Waals surface area contributed by atoms with E-state index in [2.05, 4.69) is 14.5 Å². The summed E-state index contributed by atoms with van der Waals surface area (Å²) in [4.78, 5) is 2.19. The van der Waals surface area contributed by atoms with Crippen LogP contribution in [-0.4, -0.2) is 33.4 Å². The minimum absolute atomic E-state index is 0.0440. The molecule has 8 heteroatoms. The number of rotatable bonds is 7. The van der Waals surface area contributed by atoms with E-state index >= 15 is 0 Å². The lowest BCUT2D eigenvalue weighted by molar-refractivity contribution is 0.392. The lowest BCUT2D eigenvalue weighted by atomic mass is 10.2. The Kier molecular flexibility index (Phi) is 5.36. The average Bonchev–Trinajstić information content (AvgIpc) is 3.05. The number of fused-ring (bicyclic) bond motifs is 1. The topological polar surface area (TPSA) is 81.9 Å². The van der Waals surface area contributed by atoms with Gasteiger partial charge in [-0.05, 0) is 25.1 Å². The quantitative estimate of drug-likeness (QED) is 0.499. The fourth-order valence-electron chi connectivity index (χ4n) is 2.85. The second-order valence-corrected chi connectivity index (χ2v) is 7.39. The van der Waals surface area contributed by atoms with Crippen molar-refractivity contribution in [3.8, 4) is 11.5 Å². The molecule has 2 aromatic carbocycles. The Morgan fingerprint density at radius 1 is 1.15 bits per heavy atom. The molecule has 0 radical (unpaired) electrons. The second-order valence-electron chi connectivity index (χ2n) is 5.76. The molecule has 0 atom stereocenters. The van der Waals surface area contributed by atoms with Crippen LogP contribution in [0, 0.1) is 0 Å². The number of ether oxygens (including phenoxy) is 2. The van der Waals surface area contributed by atoms with Gasteiger partial charge in [-0.3, -0.25) is 0 Å². The molecule has 0 spiro atoms. The third-order valence-corrected chi connectivity index (χ3v) is 5.44. The van der Waals surface area contributed by atoms with Crippen molar-refractivity contribution in [2.75, 3.05) is 14.2 Å². The normalized spacial score (nSPS) is 11.8. The van der Waals surface area contributed by atoms with E-state index in [4.69, 9.17) is 9.47 Å². The van der Waals surface area contributed by atoms with Gasteiger partial charge in [0.05, 0.1) is 20.4 Å². The molecule has 7 nitrogen and oxygen atoms in total. The lowest BCUT2D eigenvalue weighted by Gasteiger charge is -2.10. The second kappa shape index (κ2) is 7.71. The molecule has 0 aliphatic heterocycles. The third kappa shape index (κ3) is 3.75. The zero-order valence-electron chi connectivity index (χ0n) is 15.3. The Bertz CT molecular complexity index is 1090. The van der Waals surface area contributed by atoms with Crippen LogP contribution in [0.15, 0.2) is 58.7 Å². The first-order valence-corrected chi connectivity index (χ1v) is 9.83. The van der Waals surface area contributed by atoms with Crippen molar-refractivity contribution in [1.82, 2.24) is 9.40 Å². The number of sulfonamides is 1. The van der Waals surface area contributed by atoms with Gasteiger partial charge in [0.1, 0.15) is 16.4 Å². The number of nitrogens with one attached hydrogen (secondary N) is 1. The van der Waals surface area contributed by atoms with E-state index in [1.54, 1.807) is 6.07 Å². The largest absolute Gasteiger partial charge is 0.497 e. The SMILES string of the molecule is CCn1cc(/C=N/NS(=O)(=O)c2cc(OC)ccc2OC)c2ccccc21. The molecule has 0 unspecified atom stereocenters. The summed E-state index contributed by atoms with van der Waals surface area (Å²) in [7, 11) is -1.05. The summed E-state index contributed by atoms with van der Waals surface area (Å²) >= 11 is 0. The summed E-state index contributed by atoms with van der Waals surface area (Å²) in [6.07, 6.45) is 3.44. The van der Waals surface area contributed by atoms with Gasteiger partial charge in [-0.1, -0.05) is 18.2 Å². The molecular formula is C19H21N3O4S. The molecule has 0 saturated heterocycles. The van der Waals surface area contributed by atoms with Crippen molar-refractivity contribution >= 4 is 27.1 Å². The molecule has 1 heterocycles. The van der Waals surface area contributed by atoms with Crippen LogP contribution in [0.5, 0.6) is 11.5 Å². The maximum atomic E-state index is 12.6. The summed E-state index contributed by atoms with van der Waals surface area (Å²) in [6.45, 7) is 2.85. The third-order valence-electron chi connectivity index (χ3n) is 4.20. The molecule has 1 N–H and O–H groups in total. The fraction of sp³-hybridized carbons (Fsp3) is 0.211. The molecule has 0 fully saturated rings. The van der Waals surface area contributed by atoms with Crippen LogP contribution in [-0.2, 0) is 16.6 Å². The van der Waals surface area contributed by atoms with E-state index < -0.39 is 10.0 Å². The predicted octanol–water partition coefficient (Wildman–Crippen LogP) is 2.99. The molecule has 1 aromatic heterocycles. The van der Waals surface area contributed by atoms with Crippen molar-refractivity contribution in [2.24, 2.45) is 5.10 Å². The molecule has 3 rings (SSSR count). The van der Waals surface area contributed by atoms with Gasteiger partial charge in [-0.25, -0.2) is 0 Å². The monoisotopic (exact) mass is 387 g/mol. The lowest BCUT2D eigenvalue weighted by Crippen LogP contribution is -2.19. The first-order valence-electron chi connectivity index (χ1n) is 8.35. The molecule has 3 aromatic rings. The highest BCUT2D eigenvalue weighted by Crippen LogP contribution is 2.28. The highest BCUT2D eigenvalue weighted by molar-refractivity contribution is 7.89. The molecule has 142 valence electrons. The van der Waals surface area contributed by atoms with Crippen molar-refractivity contribution in [3.63, 3.8) is 0 Å². The average molecular weight is 387 g/mol. The van der Waals surface area contributed by atoms with Crippen LogP contribution in [0.4, 0.5) is 0 Å². The Morgan fingerprint density at radius 2 is 1.93 bits per heavy atom. The van der Waals surface area contributed by atoms with Gasteiger partial charge in [-0.15, -0.1) is 0 Å². The van der Waals surface area contributed by atoms with Crippen LogP contribution in [0.2, 0.25) is 0 Å². The smallest absolute Gasteiger partial charge is 0.280 e. The molecule has 0 saturated carbocycles. The zero-order chi connectivity index (χ0) is 19.4. The van der Waals surface area contributed by atoms with E-state index in [1.807, 2.05) is 37.4 Å². The predicted molar refractivity (Wildman–Crippen MR) is 105 cm³/mol. The molecule has 27 heavy (non-hydrogen) atoms. The van der Waals surface area contributed by atoms with Gasteiger partial charge in [0.2, 0.25) is 0 Å². The number of methoxy groups -OCH3 is 2. The highest BCUT2D eigenvalue weighted by atomic mass is 32.2. The van der Waals surface area contributed by atoms with E-state index in [9.17, 15) is 8.42 Å². The van der Waals surface area contributed by atoms with Crippen LogP contribution in [0.3, 0.4) is 0 Å². The van der Waals surface area contributed by atoms with Crippen LogP contribution >= 0.6 is 0 Å². The first-order chi connectivity index (χ1) is 13.0. The zero-order valence-corrected chi connectivity index (χ0v) is 16.2. The minimum Gasteiger partial charge on any atom is -0.497 e.